The summed E-state index contributed by atoms with van der Waals surface area (Å²) in [5.41, 5.74) is 2.03. The van der Waals surface area contributed by atoms with Crippen LogP contribution >= 0.6 is 0 Å². The normalized spacial score (nSPS) is 14.0. The highest BCUT2D eigenvalue weighted by molar-refractivity contribution is 5.86. The van der Waals surface area contributed by atoms with Gasteiger partial charge in [-0.05, 0) is 28.5 Å². The van der Waals surface area contributed by atoms with E-state index in [1.165, 1.54) is 10.8 Å². The van der Waals surface area contributed by atoms with Crippen molar-refractivity contribution in [2.24, 2.45) is 0 Å². The summed E-state index contributed by atoms with van der Waals surface area (Å²) in [5, 5.41) is 6.45. The van der Waals surface area contributed by atoms with Gasteiger partial charge in [0.15, 0.2) is 0 Å². The van der Waals surface area contributed by atoms with Crippen molar-refractivity contribution in [3.05, 3.63) is 84.4 Å². The van der Waals surface area contributed by atoms with E-state index < -0.39 is 0 Å². The predicted molar refractivity (Wildman–Crippen MR) is 114 cm³/mol. The van der Waals surface area contributed by atoms with Gasteiger partial charge in [0.05, 0.1) is 18.6 Å². The fraction of sp³-hybridized carbons (Fsp3) is 0.167. The summed E-state index contributed by atoms with van der Waals surface area (Å²) in [4.78, 5) is 18.7. The SMILES string of the molecule is O=C(NCc1cccc2ccccc12)N1CC(Oc2ccc3ccccc3n2)C1. The lowest BCUT2D eigenvalue weighted by molar-refractivity contribution is 0.0415. The van der Waals surface area contributed by atoms with Crippen molar-refractivity contribution >= 4 is 27.7 Å². The number of fused-ring (bicyclic) bond motifs is 2. The Hall–Kier alpha value is -3.60. The lowest BCUT2D eigenvalue weighted by Gasteiger charge is -2.38. The first kappa shape index (κ1) is 17.5. The molecule has 0 aliphatic carbocycles. The second kappa shape index (κ2) is 7.43. The highest BCUT2D eigenvalue weighted by Gasteiger charge is 2.32. The Morgan fingerprint density at radius 2 is 1.69 bits per heavy atom. The average Bonchev–Trinajstić information content (AvgIpc) is 2.74. The van der Waals surface area contributed by atoms with Crippen LogP contribution in [0.2, 0.25) is 0 Å². The quantitative estimate of drug-likeness (QED) is 0.570. The van der Waals surface area contributed by atoms with Crippen LogP contribution in [0, 0.1) is 0 Å². The van der Waals surface area contributed by atoms with E-state index in [4.69, 9.17) is 4.74 Å². The predicted octanol–water partition coefficient (Wildman–Crippen LogP) is 4.36. The maximum atomic E-state index is 12.5. The lowest BCUT2D eigenvalue weighted by atomic mass is 10.0. The number of nitrogens with one attached hydrogen (secondary N) is 1. The van der Waals surface area contributed by atoms with Crippen molar-refractivity contribution in [2.75, 3.05) is 13.1 Å². The zero-order valence-corrected chi connectivity index (χ0v) is 15.9. The van der Waals surface area contributed by atoms with Crippen LogP contribution < -0.4 is 10.1 Å². The largest absolute Gasteiger partial charge is 0.471 e. The zero-order valence-electron chi connectivity index (χ0n) is 15.9. The van der Waals surface area contributed by atoms with Crippen molar-refractivity contribution in [3.63, 3.8) is 0 Å². The summed E-state index contributed by atoms with van der Waals surface area (Å²) in [7, 11) is 0. The van der Waals surface area contributed by atoms with Gasteiger partial charge in [-0.15, -0.1) is 0 Å². The van der Waals surface area contributed by atoms with Gasteiger partial charge in [0.1, 0.15) is 6.10 Å². The summed E-state index contributed by atoms with van der Waals surface area (Å²) in [6.45, 7) is 1.64. The maximum Gasteiger partial charge on any atom is 0.317 e. The number of nitrogens with zero attached hydrogens (tertiary/aromatic N) is 2. The molecule has 5 rings (SSSR count). The van der Waals surface area contributed by atoms with Crippen molar-refractivity contribution in [2.45, 2.75) is 12.6 Å². The molecule has 2 heterocycles. The van der Waals surface area contributed by atoms with Crippen molar-refractivity contribution in [1.82, 2.24) is 15.2 Å². The topological polar surface area (TPSA) is 54.5 Å². The molecule has 1 aliphatic heterocycles. The van der Waals surface area contributed by atoms with Gasteiger partial charge < -0.3 is 15.0 Å². The van der Waals surface area contributed by atoms with Gasteiger partial charge >= 0.3 is 6.03 Å². The van der Waals surface area contributed by atoms with E-state index in [0.29, 0.717) is 25.5 Å². The lowest BCUT2D eigenvalue weighted by Crippen LogP contribution is -2.58. The Balaban J connectivity index is 1.16. The molecule has 1 aliphatic rings. The first-order chi connectivity index (χ1) is 14.3. The highest BCUT2D eigenvalue weighted by Crippen LogP contribution is 2.21. The van der Waals surface area contributed by atoms with Gasteiger partial charge in [0.2, 0.25) is 5.88 Å². The van der Waals surface area contributed by atoms with E-state index >= 15 is 0 Å². The number of likely N-dealkylation sites (tertiary alicyclic amines) is 1. The molecular formula is C24H21N3O2. The monoisotopic (exact) mass is 383 g/mol. The van der Waals surface area contributed by atoms with Gasteiger partial charge in [-0.1, -0.05) is 60.7 Å². The van der Waals surface area contributed by atoms with Crippen molar-refractivity contribution < 1.29 is 9.53 Å². The number of para-hydroxylation sites is 1. The minimum Gasteiger partial charge on any atom is -0.471 e. The molecule has 0 atom stereocenters. The van der Waals surface area contributed by atoms with Gasteiger partial charge in [-0.2, -0.15) is 0 Å². The summed E-state index contributed by atoms with van der Waals surface area (Å²) < 4.78 is 5.93. The summed E-state index contributed by atoms with van der Waals surface area (Å²) in [6, 6.07) is 26.1. The molecule has 0 spiro atoms. The van der Waals surface area contributed by atoms with Crippen LogP contribution in [0.5, 0.6) is 5.88 Å². The Kier molecular flexibility index (Phi) is 4.48. The first-order valence-electron chi connectivity index (χ1n) is 9.78. The minimum absolute atomic E-state index is 0.0213. The third kappa shape index (κ3) is 3.59. The Morgan fingerprint density at radius 3 is 2.59 bits per heavy atom. The third-order valence-corrected chi connectivity index (χ3v) is 5.31. The number of amides is 2. The Labute approximate surface area is 168 Å². The fourth-order valence-corrected chi connectivity index (χ4v) is 3.69. The van der Waals surface area contributed by atoms with Crippen LogP contribution in [-0.2, 0) is 6.54 Å². The van der Waals surface area contributed by atoms with Crippen LogP contribution in [0.3, 0.4) is 0 Å². The van der Waals surface area contributed by atoms with E-state index in [1.807, 2.05) is 54.6 Å². The first-order valence-corrected chi connectivity index (χ1v) is 9.78. The van der Waals surface area contributed by atoms with Crippen LogP contribution in [0.4, 0.5) is 4.79 Å². The average molecular weight is 383 g/mol. The molecule has 144 valence electrons. The molecule has 5 heteroatoms. The fourth-order valence-electron chi connectivity index (χ4n) is 3.69. The van der Waals surface area contributed by atoms with Gasteiger partial charge in [-0.25, -0.2) is 9.78 Å². The number of carbonyl (C=O) groups is 1. The molecule has 1 saturated heterocycles. The van der Waals surface area contributed by atoms with Gasteiger partial charge in [0, 0.05) is 18.0 Å². The van der Waals surface area contributed by atoms with E-state index in [1.54, 1.807) is 4.90 Å². The zero-order chi connectivity index (χ0) is 19.6. The summed E-state index contributed by atoms with van der Waals surface area (Å²) in [6.07, 6.45) is -0.0213. The Morgan fingerprint density at radius 1 is 0.931 bits per heavy atom. The Bertz CT molecular complexity index is 1180. The molecule has 1 aromatic heterocycles. The minimum atomic E-state index is -0.0655. The number of benzene rings is 3. The smallest absolute Gasteiger partial charge is 0.317 e. The van der Waals surface area contributed by atoms with E-state index in [2.05, 4.69) is 34.6 Å². The number of hydrogen-bond acceptors (Lipinski definition) is 3. The van der Waals surface area contributed by atoms with Crippen LogP contribution in [0.15, 0.2) is 78.9 Å². The van der Waals surface area contributed by atoms with E-state index in [-0.39, 0.29) is 12.1 Å². The molecule has 0 radical (unpaired) electrons. The second-order valence-corrected chi connectivity index (χ2v) is 7.28. The molecule has 2 amide bonds. The molecule has 4 aromatic rings. The van der Waals surface area contributed by atoms with Gasteiger partial charge in [-0.3, -0.25) is 0 Å². The summed E-state index contributed by atoms with van der Waals surface area (Å²) in [5.74, 6) is 0.601. The molecule has 1 fully saturated rings. The maximum absolute atomic E-state index is 12.5. The van der Waals surface area contributed by atoms with Gasteiger partial charge in [0.25, 0.3) is 0 Å². The second-order valence-electron chi connectivity index (χ2n) is 7.28. The van der Waals surface area contributed by atoms with Crippen LogP contribution in [0.25, 0.3) is 21.7 Å². The molecule has 0 bridgehead atoms. The number of ether oxygens (including phenoxy) is 1. The standard InChI is InChI=1S/C24H21N3O2/c28-24(25-14-19-9-5-8-17-6-1-3-10-21(17)19)27-15-20(16-27)29-23-13-12-18-7-2-4-11-22(18)26-23/h1-13,20H,14-16H2,(H,25,28). The number of urea groups is 1. The molecule has 29 heavy (non-hydrogen) atoms. The highest BCUT2D eigenvalue weighted by atomic mass is 16.5. The molecule has 0 unspecified atom stereocenters. The van der Waals surface area contributed by atoms with Crippen molar-refractivity contribution in [1.29, 1.82) is 0 Å². The molecular weight excluding hydrogens is 362 g/mol. The number of rotatable bonds is 4. The van der Waals surface area contributed by atoms with Crippen LogP contribution in [-0.4, -0.2) is 35.1 Å². The number of carbonyl (C=O) groups excluding carboxylic acids is 1. The molecule has 3 aromatic carbocycles. The van der Waals surface area contributed by atoms with Crippen molar-refractivity contribution in [3.8, 4) is 5.88 Å². The molecule has 1 N–H and O–H groups in total. The molecule has 0 saturated carbocycles. The van der Waals surface area contributed by atoms with E-state index in [9.17, 15) is 4.79 Å². The number of hydrogen-bond donors (Lipinski definition) is 1. The summed E-state index contributed by atoms with van der Waals surface area (Å²) >= 11 is 0. The molecule has 5 nitrogen and oxygen atoms in total. The third-order valence-electron chi connectivity index (χ3n) is 5.31. The number of aromatic nitrogens is 1. The van der Waals surface area contributed by atoms with Crippen LogP contribution in [0.1, 0.15) is 5.56 Å². The van der Waals surface area contributed by atoms with E-state index in [0.717, 1.165) is 16.5 Å². The number of pyridine rings is 1.